The van der Waals surface area contributed by atoms with E-state index in [-0.39, 0.29) is 20.6 Å². The van der Waals surface area contributed by atoms with Crippen LogP contribution in [-0.4, -0.2) is 38.6 Å². The molecule has 2 saturated heterocycles. The van der Waals surface area contributed by atoms with Crippen molar-refractivity contribution in [1.82, 2.24) is 0 Å². The summed E-state index contributed by atoms with van der Waals surface area (Å²) in [4.78, 5) is 0. The van der Waals surface area contributed by atoms with Gasteiger partial charge < -0.3 is 18.5 Å². The Morgan fingerprint density at radius 3 is 2.50 bits per heavy atom. The Balaban J connectivity index is 1.98. The lowest BCUT2D eigenvalue weighted by Crippen LogP contribution is -2.46. The van der Waals surface area contributed by atoms with Crippen LogP contribution in [0, 0.1) is 5.41 Å². The molecule has 2 rings (SSSR count). The van der Waals surface area contributed by atoms with Crippen LogP contribution in [0.2, 0.25) is 0 Å². The summed E-state index contributed by atoms with van der Waals surface area (Å²) in [6.07, 6.45) is 2.58. The molecule has 0 saturated carbocycles. The minimum Gasteiger partial charge on any atom is -0.378 e. The third-order valence-electron chi connectivity index (χ3n) is 3.22. The Hall–Kier alpha value is 0.270. The molecule has 0 bridgehead atoms. The highest BCUT2D eigenvalue weighted by molar-refractivity contribution is 7.26. The van der Waals surface area contributed by atoms with E-state index in [1.807, 2.05) is 0 Å². The lowest BCUT2D eigenvalue weighted by molar-refractivity contribution is -0.142. The van der Waals surface area contributed by atoms with Crippen LogP contribution in [0.15, 0.2) is 0 Å². The molecule has 0 aromatic carbocycles. The van der Waals surface area contributed by atoms with Gasteiger partial charge in [0.15, 0.2) is 9.03 Å². The largest absolute Gasteiger partial charge is 0.378 e. The summed E-state index contributed by atoms with van der Waals surface area (Å²) >= 11 is 0. The number of hydrogen-bond acceptors (Lipinski definition) is 4. The molecule has 94 valence electrons. The van der Waals surface area contributed by atoms with Gasteiger partial charge in [0.05, 0.1) is 44.1 Å². The Morgan fingerprint density at radius 1 is 1.12 bits per heavy atom. The fourth-order valence-electron chi connectivity index (χ4n) is 2.06. The predicted molar refractivity (Wildman–Crippen MR) is 62.7 cm³/mol. The van der Waals surface area contributed by atoms with Crippen molar-refractivity contribution in [3.63, 3.8) is 0 Å². The monoisotopic (exact) mass is 248 g/mol. The maximum atomic E-state index is 5.96. The van der Waals surface area contributed by atoms with E-state index in [1.54, 1.807) is 0 Å². The molecule has 4 nitrogen and oxygen atoms in total. The normalized spacial score (nSPS) is 43.1. The van der Waals surface area contributed by atoms with Crippen molar-refractivity contribution in [3.05, 3.63) is 0 Å². The lowest BCUT2D eigenvalue weighted by atomic mass is 9.91. The molecule has 2 unspecified atom stereocenters. The van der Waals surface area contributed by atoms with Gasteiger partial charge in [-0.05, 0) is 19.8 Å². The molecule has 5 heteroatoms. The fraction of sp³-hybridized carbons (Fsp3) is 1.00. The maximum Gasteiger partial charge on any atom is 0.155 e. The van der Waals surface area contributed by atoms with Crippen LogP contribution in [-0.2, 0) is 18.5 Å². The summed E-state index contributed by atoms with van der Waals surface area (Å²) < 4.78 is 22.6. The van der Waals surface area contributed by atoms with Crippen LogP contribution in [0.25, 0.3) is 0 Å². The molecule has 0 N–H and O–H groups in total. The fourth-order valence-corrected chi connectivity index (χ4v) is 2.87. The van der Waals surface area contributed by atoms with Crippen LogP contribution in [0.1, 0.15) is 26.7 Å². The van der Waals surface area contributed by atoms with Gasteiger partial charge in [-0.15, -0.1) is 0 Å². The molecule has 2 atom stereocenters. The smallest absolute Gasteiger partial charge is 0.155 e. The molecular weight excluding hydrogens is 227 g/mol. The first kappa shape index (κ1) is 12.7. The second-order valence-electron chi connectivity index (χ2n) is 4.86. The van der Waals surface area contributed by atoms with Gasteiger partial charge in [-0.25, -0.2) is 0 Å². The van der Waals surface area contributed by atoms with Crippen molar-refractivity contribution in [1.29, 1.82) is 0 Å². The molecule has 0 radical (unpaired) electrons. The summed E-state index contributed by atoms with van der Waals surface area (Å²) in [6, 6.07) is 0. The van der Waals surface area contributed by atoms with Crippen molar-refractivity contribution in [3.8, 4) is 0 Å². The molecule has 0 aromatic heterocycles. The van der Waals surface area contributed by atoms with E-state index in [2.05, 4.69) is 13.8 Å². The van der Waals surface area contributed by atoms with Crippen molar-refractivity contribution >= 4 is 9.03 Å². The van der Waals surface area contributed by atoms with Crippen LogP contribution in [0.5, 0.6) is 0 Å². The first-order valence-corrected chi connectivity index (χ1v) is 6.77. The van der Waals surface area contributed by atoms with Gasteiger partial charge in [0, 0.05) is 0 Å². The summed E-state index contributed by atoms with van der Waals surface area (Å²) in [6.45, 7) is 7.00. The number of rotatable bonds is 1. The number of hydrogen-bond donors (Lipinski definition) is 0. The van der Waals surface area contributed by atoms with Crippen molar-refractivity contribution in [2.24, 2.45) is 5.41 Å². The molecule has 2 heterocycles. The van der Waals surface area contributed by atoms with Crippen molar-refractivity contribution < 1.29 is 18.5 Å². The van der Waals surface area contributed by atoms with E-state index < -0.39 is 0 Å². The summed E-state index contributed by atoms with van der Waals surface area (Å²) in [5.41, 5.74) is -0.0899. The molecule has 0 amide bonds. The predicted octanol–water partition coefficient (Wildman–Crippen LogP) is 2.13. The first-order chi connectivity index (χ1) is 7.74. The van der Waals surface area contributed by atoms with E-state index in [0.29, 0.717) is 32.5 Å². The zero-order chi connectivity index (χ0) is 11.4. The standard InChI is InChI=1S/C11H21O4P/c1-3-10-4-9(2)12-5-11(6-13-10)7-14-16-15-8-11/h9-10,16H,3-8H2,1-2H3. The average Bonchev–Trinajstić information content (AvgIpc) is 2.32. The SMILES string of the molecule is CCC1CC(C)OCC2(COPOC2)CO1. The van der Waals surface area contributed by atoms with Crippen LogP contribution >= 0.6 is 9.03 Å². The van der Waals surface area contributed by atoms with Crippen molar-refractivity contribution in [2.75, 3.05) is 26.4 Å². The highest BCUT2D eigenvalue weighted by atomic mass is 31.1. The Morgan fingerprint density at radius 2 is 1.81 bits per heavy atom. The third kappa shape index (κ3) is 3.14. The van der Waals surface area contributed by atoms with Gasteiger partial charge >= 0.3 is 0 Å². The quantitative estimate of drug-likeness (QED) is 0.666. The molecule has 2 fully saturated rings. The summed E-state index contributed by atoms with van der Waals surface area (Å²) in [7, 11) is 0.173. The topological polar surface area (TPSA) is 36.9 Å². The van der Waals surface area contributed by atoms with E-state index >= 15 is 0 Å². The van der Waals surface area contributed by atoms with Crippen LogP contribution in [0.4, 0.5) is 0 Å². The van der Waals surface area contributed by atoms with E-state index in [0.717, 1.165) is 12.8 Å². The van der Waals surface area contributed by atoms with Crippen molar-refractivity contribution in [2.45, 2.75) is 38.9 Å². The van der Waals surface area contributed by atoms with E-state index in [4.69, 9.17) is 18.5 Å². The van der Waals surface area contributed by atoms with Gasteiger partial charge in [0.2, 0.25) is 0 Å². The Kier molecular flexibility index (Phi) is 4.57. The zero-order valence-electron chi connectivity index (χ0n) is 10.0. The van der Waals surface area contributed by atoms with Crippen LogP contribution in [0.3, 0.4) is 0 Å². The zero-order valence-corrected chi connectivity index (χ0v) is 11.0. The molecule has 0 aromatic rings. The first-order valence-electron chi connectivity index (χ1n) is 5.96. The average molecular weight is 248 g/mol. The maximum absolute atomic E-state index is 5.96. The van der Waals surface area contributed by atoms with Gasteiger partial charge in [0.25, 0.3) is 0 Å². The summed E-state index contributed by atoms with van der Waals surface area (Å²) in [5, 5.41) is 0. The highest BCUT2D eigenvalue weighted by Crippen LogP contribution is 2.34. The molecule has 0 aliphatic carbocycles. The Labute approximate surface area is 98.9 Å². The van der Waals surface area contributed by atoms with Gasteiger partial charge in [-0.3, -0.25) is 0 Å². The van der Waals surface area contributed by atoms with Crippen LogP contribution < -0.4 is 0 Å². The highest BCUT2D eigenvalue weighted by Gasteiger charge is 2.37. The Bertz CT molecular complexity index is 218. The molecule has 2 aliphatic rings. The molecule has 2 aliphatic heterocycles. The second-order valence-corrected chi connectivity index (χ2v) is 5.60. The van der Waals surface area contributed by atoms with Gasteiger partial charge in [-0.2, -0.15) is 0 Å². The van der Waals surface area contributed by atoms with Gasteiger partial charge in [-0.1, -0.05) is 6.92 Å². The minimum absolute atomic E-state index is 0.0899. The minimum atomic E-state index is -0.0899. The molecule has 1 spiro atoms. The second kappa shape index (κ2) is 5.74. The van der Waals surface area contributed by atoms with Gasteiger partial charge in [0.1, 0.15) is 0 Å². The number of ether oxygens (including phenoxy) is 2. The lowest BCUT2D eigenvalue weighted by Gasteiger charge is -2.39. The third-order valence-corrected chi connectivity index (χ3v) is 3.75. The molecular formula is C11H21O4P. The summed E-state index contributed by atoms with van der Waals surface area (Å²) in [5.74, 6) is 0. The van der Waals surface area contributed by atoms with E-state index in [1.165, 1.54) is 0 Å². The van der Waals surface area contributed by atoms with E-state index in [9.17, 15) is 0 Å². The molecule has 16 heavy (non-hydrogen) atoms.